The molecule has 1 aliphatic carbocycles. The Bertz CT molecular complexity index is 1440. The van der Waals surface area contributed by atoms with Crippen LogP contribution in [0.5, 0.6) is 5.75 Å². The Kier molecular flexibility index (Phi) is 7.16. The fourth-order valence-corrected chi connectivity index (χ4v) is 4.95. The molecular weight excluding hydrogens is 481 g/mol. The monoisotopic (exact) mass is 505 g/mol. The van der Waals surface area contributed by atoms with Crippen LogP contribution in [0.3, 0.4) is 0 Å². The highest BCUT2D eigenvalue weighted by molar-refractivity contribution is 6.35. The molecule has 5 nitrogen and oxygen atoms in total. The van der Waals surface area contributed by atoms with Crippen LogP contribution in [0.25, 0.3) is 10.9 Å². The lowest BCUT2D eigenvalue weighted by molar-refractivity contribution is 0.306. The van der Waals surface area contributed by atoms with Gasteiger partial charge in [0.2, 0.25) is 0 Å². The van der Waals surface area contributed by atoms with Crippen molar-refractivity contribution in [1.82, 2.24) is 9.66 Å². The number of hydrogen-bond donors (Lipinski definition) is 0. The van der Waals surface area contributed by atoms with Gasteiger partial charge in [-0.1, -0.05) is 72.8 Å². The summed E-state index contributed by atoms with van der Waals surface area (Å²) >= 11 is 12.2. The molecule has 3 aromatic carbocycles. The number of fused-ring (bicyclic) bond motifs is 1. The van der Waals surface area contributed by atoms with Gasteiger partial charge in [0.15, 0.2) is 0 Å². The molecule has 0 radical (unpaired) electrons. The first-order valence-electron chi connectivity index (χ1n) is 11.8. The van der Waals surface area contributed by atoms with Crippen molar-refractivity contribution in [1.29, 1.82) is 0 Å². The van der Waals surface area contributed by atoms with Gasteiger partial charge in [-0.25, -0.2) is 4.98 Å². The number of nitrogens with zero attached hydrogens (tertiary/aromatic N) is 3. The Morgan fingerprint density at radius 1 is 1.00 bits per heavy atom. The minimum atomic E-state index is -0.141. The fourth-order valence-electron chi connectivity index (χ4n) is 4.49. The molecule has 7 heteroatoms. The molecule has 5 rings (SSSR count). The molecule has 1 fully saturated rings. The van der Waals surface area contributed by atoms with Gasteiger partial charge < -0.3 is 4.74 Å². The van der Waals surface area contributed by atoms with Crippen LogP contribution >= 0.6 is 23.2 Å². The molecule has 0 spiro atoms. The second kappa shape index (κ2) is 10.6. The molecule has 0 N–H and O–H groups in total. The van der Waals surface area contributed by atoms with Crippen LogP contribution in [0, 0.1) is 0 Å². The summed E-state index contributed by atoms with van der Waals surface area (Å²) in [4.78, 5) is 18.2. The van der Waals surface area contributed by atoms with Gasteiger partial charge in [0.1, 0.15) is 18.2 Å². The highest BCUT2D eigenvalue weighted by atomic mass is 35.5. The molecule has 0 amide bonds. The lowest BCUT2D eigenvalue weighted by atomic mass is 9.88. The first kappa shape index (κ1) is 23.6. The predicted octanol–water partition coefficient (Wildman–Crippen LogP) is 7.21. The standard InChI is InChI=1S/C28H25Cl2N3O2/c29-22-14-13-21(25(30)16-22)18-35-23-10-6-7-19(15-23)17-31-33-27(20-8-2-1-3-9-20)32-26-12-5-4-11-24(26)28(33)34/h4-7,10-17,20H,1-3,8-9,18H2. The van der Waals surface area contributed by atoms with Gasteiger partial charge in [-0.05, 0) is 54.8 Å². The van der Waals surface area contributed by atoms with E-state index in [9.17, 15) is 4.79 Å². The maximum absolute atomic E-state index is 13.4. The van der Waals surface area contributed by atoms with Crippen LogP contribution in [0.1, 0.15) is 55.0 Å². The lowest BCUT2D eigenvalue weighted by Crippen LogP contribution is -2.25. The molecule has 4 aromatic rings. The molecule has 0 atom stereocenters. The zero-order valence-electron chi connectivity index (χ0n) is 19.2. The van der Waals surface area contributed by atoms with Gasteiger partial charge in [-0.2, -0.15) is 9.78 Å². The maximum atomic E-state index is 13.4. The number of benzene rings is 3. The van der Waals surface area contributed by atoms with E-state index in [0.29, 0.717) is 27.8 Å². The first-order valence-corrected chi connectivity index (χ1v) is 12.6. The summed E-state index contributed by atoms with van der Waals surface area (Å²) in [5, 5.41) is 6.33. The van der Waals surface area contributed by atoms with E-state index in [0.717, 1.165) is 48.2 Å². The highest BCUT2D eigenvalue weighted by Gasteiger charge is 2.22. The molecule has 1 aliphatic rings. The minimum Gasteiger partial charge on any atom is -0.489 e. The summed E-state index contributed by atoms with van der Waals surface area (Å²) in [6.45, 7) is 0.316. The summed E-state index contributed by atoms with van der Waals surface area (Å²) < 4.78 is 7.42. The second-order valence-electron chi connectivity index (χ2n) is 8.78. The summed E-state index contributed by atoms with van der Waals surface area (Å²) in [5.41, 5.74) is 2.25. The molecule has 0 saturated heterocycles. The third-order valence-corrected chi connectivity index (χ3v) is 6.93. The van der Waals surface area contributed by atoms with Crippen molar-refractivity contribution in [2.75, 3.05) is 0 Å². The Morgan fingerprint density at radius 3 is 2.66 bits per heavy atom. The van der Waals surface area contributed by atoms with Crippen LogP contribution in [0.4, 0.5) is 0 Å². The van der Waals surface area contributed by atoms with Crippen LogP contribution in [0.15, 0.2) is 76.6 Å². The number of aromatic nitrogens is 2. The van der Waals surface area contributed by atoms with Crippen molar-refractivity contribution in [3.05, 3.63) is 104 Å². The van der Waals surface area contributed by atoms with E-state index in [1.807, 2.05) is 48.5 Å². The molecule has 0 bridgehead atoms. The topological polar surface area (TPSA) is 56.5 Å². The van der Waals surface area contributed by atoms with E-state index in [-0.39, 0.29) is 11.5 Å². The van der Waals surface area contributed by atoms with Crippen LogP contribution in [0.2, 0.25) is 10.0 Å². The number of hydrogen-bond acceptors (Lipinski definition) is 4. The highest BCUT2D eigenvalue weighted by Crippen LogP contribution is 2.31. The summed E-state index contributed by atoms with van der Waals surface area (Å²) in [6.07, 6.45) is 7.26. The average molecular weight is 506 g/mol. The number of rotatable bonds is 6. The summed E-state index contributed by atoms with van der Waals surface area (Å²) in [7, 11) is 0. The quantitative estimate of drug-likeness (QED) is 0.260. The number of halogens is 2. The predicted molar refractivity (Wildman–Crippen MR) is 142 cm³/mol. The van der Waals surface area contributed by atoms with Crippen molar-refractivity contribution in [3.8, 4) is 5.75 Å². The SMILES string of the molecule is O=c1c2ccccc2nc(C2CCCCC2)n1N=Cc1cccc(OCc2ccc(Cl)cc2Cl)c1. The van der Waals surface area contributed by atoms with Crippen molar-refractivity contribution < 1.29 is 4.74 Å². The van der Waals surface area contributed by atoms with Crippen molar-refractivity contribution in [2.24, 2.45) is 5.10 Å². The molecule has 0 aliphatic heterocycles. The maximum Gasteiger partial charge on any atom is 0.282 e. The van der Waals surface area contributed by atoms with E-state index in [1.54, 1.807) is 24.4 Å². The Labute approximate surface area is 214 Å². The van der Waals surface area contributed by atoms with Gasteiger partial charge in [0, 0.05) is 21.5 Å². The van der Waals surface area contributed by atoms with Crippen LogP contribution in [-0.2, 0) is 6.61 Å². The van der Waals surface area contributed by atoms with Crippen LogP contribution < -0.4 is 10.3 Å². The van der Waals surface area contributed by atoms with Gasteiger partial charge in [-0.15, -0.1) is 0 Å². The summed E-state index contributed by atoms with van der Waals surface area (Å²) in [5.74, 6) is 1.66. The van der Waals surface area contributed by atoms with Gasteiger partial charge >= 0.3 is 0 Å². The smallest absolute Gasteiger partial charge is 0.282 e. The van der Waals surface area contributed by atoms with Crippen LogP contribution in [-0.4, -0.2) is 15.9 Å². The largest absolute Gasteiger partial charge is 0.489 e. The van der Waals surface area contributed by atoms with E-state index in [1.165, 1.54) is 11.1 Å². The van der Waals surface area contributed by atoms with Gasteiger partial charge in [0.25, 0.3) is 5.56 Å². The molecule has 35 heavy (non-hydrogen) atoms. The van der Waals surface area contributed by atoms with Crippen molar-refractivity contribution >= 4 is 40.3 Å². The average Bonchev–Trinajstić information content (AvgIpc) is 2.88. The number of para-hydroxylation sites is 1. The molecule has 1 saturated carbocycles. The van der Waals surface area contributed by atoms with E-state index < -0.39 is 0 Å². The zero-order chi connectivity index (χ0) is 24.2. The summed E-state index contributed by atoms with van der Waals surface area (Å²) in [6, 6.07) is 20.4. The first-order chi connectivity index (χ1) is 17.1. The van der Waals surface area contributed by atoms with Gasteiger partial charge in [-0.3, -0.25) is 4.79 Å². The lowest BCUT2D eigenvalue weighted by Gasteiger charge is -2.22. The van der Waals surface area contributed by atoms with E-state index in [2.05, 4.69) is 5.10 Å². The van der Waals surface area contributed by atoms with Crippen molar-refractivity contribution in [2.45, 2.75) is 44.6 Å². The second-order valence-corrected chi connectivity index (χ2v) is 9.62. The molecule has 0 unspecified atom stereocenters. The van der Waals surface area contributed by atoms with Crippen molar-refractivity contribution in [3.63, 3.8) is 0 Å². The fraction of sp³-hybridized carbons (Fsp3) is 0.250. The Hall–Kier alpha value is -3.15. The third-order valence-electron chi connectivity index (χ3n) is 6.34. The molecular formula is C28H25Cl2N3O2. The van der Waals surface area contributed by atoms with E-state index in [4.69, 9.17) is 32.9 Å². The third kappa shape index (κ3) is 5.42. The Morgan fingerprint density at radius 2 is 1.83 bits per heavy atom. The molecule has 1 heterocycles. The van der Waals surface area contributed by atoms with E-state index >= 15 is 0 Å². The van der Waals surface area contributed by atoms with Gasteiger partial charge in [0.05, 0.1) is 17.1 Å². The molecule has 178 valence electrons. The molecule has 1 aromatic heterocycles. The zero-order valence-corrected chi connectivity index (χ0v) is 20.7. The Balaban J connectivity index is 1.43. The normalized spacial score (nSPS) is 14.6. The number of ether oxygens (including phenoxy) is 1. The minimum absolute atomic E-state index is 0.141.